The quantitative estimate of drug-likeness (QED) is 0.531. The molecule has 1 fully saturated rings. The van der Waals surface area contributed by atoms with E-state index in [-0.39, 0.29) is 11.5 Å². The molecule has 2 aromatic heterocycles. The van der Waals surface area contributed by atoms with E-state index in [1.807, 2.05) is 26.0 Å². The number of carbonyl (C=O) groups excluding carboxylic acids is 1. The van der Waals surface area contributed by atoms with Crippen LogP contribution in [0.25, 0.3) is 16.9 Å². The molecule has 34 heavy (non-hydrogen) atoms. The molecular formula is C27H37N5O2. The summed E-state index contributed by atoms with van der Waals surface area (Å²) in [6, 6.07) is 7.20. The zero-order valence-corrected chi connectivity index (χ0v) is 21.1. The molecule has 1 aliphatic carbocycles. The van der Waals surface area contributed by atoms with Crippen LogP contribution >= 0.6 is 0 Å². The summed E-state index contributed by atoms with van der Waals surface area (Å²) in [5.41, 5.74) is 2.85. The number of aryl methyl sites for hydroxylation is 1. The smallest absolute Gasteiger partial charge is 0.277 e. The molecular weight excluding hydrogens is 426 g/mol. The number of hydrogen-bond acceptors (Lipinski definition) is 4. The Morgan fingerprint density at radius 2 is 1.79 bits per heavy atom. The summed E-state index contributed by atoms with van der Waals surface area (Å²) in [6.45, 7) is 11.7. The average Bonchev–Trinajstić information content (AvgIpc) is 3.21. The highest BCUT2D eigenvalue weighted by Crippen LogP contribution is 2.43. The van der Waals surface area contributed by atoms with Gasteiger partial charge in [-0.05, 0) is 62.0 Å². The van der Waals surface area contributed by atoms with Crippen molar-refractivity contribution in [1.82, 2.24) is 24.9 Å². The number of aromatic nitrogens is 4. The summed E-state index contributed by atoms with van der Waals surface area (Å²) in [7, 11) is 0. The second-order valence-corrected chi connectivity index (χ2v) is 10.6. The summed E-state index contributed by atoms with van der Waals surface area (Å²) in [5.74, 6) is 2.31. The number of benzene rings is 1. The standard InChI is InChI=1S/C27H37N5O2/c1-6-16-28-25(33)19-10-8-17(9-11-19)23-30-26(34)22-21(7-2)29-24(32(22)31-23)18-12-14-20(15-13-18)27(3,4)5/h8-11,18,20H,6-7,12-16H2,1-5H3,(H,28,33)(H,30,31,34)/t18-,20+. The van der Waals surface area contributed by atoms with Gasteiger partial charge in [0.05, 0.1) is 5.69 Å². The van der Waals surface area contributed by atoms with E-state index >= 15 is 0 Å². The van der Waals surface area contributed by atoms with Gasteiger partial charge in [-0.3, -0.25) is 9.59 Å². The largest absolute Gasteiger partial charge is 0.352 e. The van der Waals surface area contributed by atoms with Gasteiger partial charge in [0.25, 0.3) is 11.5 Å². The van der Waals surface area contributed by atoms with Crippen molar-refractivity contribution < 1.29 is 4.79 Å². The molecule has 0 radical (unpaired) electrons. The summed E-state index contributed by atoms with van der Waals surface area (Å²) in [6.07, 6.45) is 6.04. The summed E-state index contributed by atoms with van der Waals surface area (Å²) in [4.78, 5) is 33.2. The van der Waals surface area contributed by atoms with Crippen molar-refractivity contribution in [3.63, 3.8) is 0 Å². The topological polar surface area (TPSA) is 92.2 Å². The number of nitrogens with zero attached hydrogens (tertiary/aromatic N) is 3. The Labute approximate surface area is 201 Å². The molecule has 2 heterocycles. The minimum Gasteiger partial charge on any atom is -0.352 e. The van der Waals surface area contributed by atoms with Crippen LogP contribution in [0.1, 0.15) is 94.5 Å². The first-order valence-corrected chi connectivity index (χ1v) is 12.6. The predicted molar refractivity (Wildman–Crippen MR) is 135 cm³/mol. The van der Waals surface area contributed by atoms with Gasteiger partial charge in [-0.2, -0.15) is 0 Å². The molecule has 0 saturated heterocycles. The van der Waals surface area contributed by atoms with Crippen LogP contribution in [-0.4, -0.2) is 32.0 Å². The molecule has 2 N–H and O–H groups in total. The van der Waals surface area contributed by atoms with Crippen molar-refractivity contribution >= 4 is 11.4 Å². The fourth-order valence-corrected chi connectivity index (χ4v) is 5.07. The van der Waals surface area contributed by atoms with Crippen LogP contribution in [0, 0.1) is 11.3 Å². The molecule has 1 aromatic carbocycles. The maximum atomic E-state index is 13.1. The molecule has 4 rings (SSSR count). The second-order valence-electron chi connectivity index (χ2n) is 10.6. The van der Waals surface area contributed by atoms with E-state index in [1.54, 1.807) is 16.6 Å². The Morgan fingerprint density at radius 1 is 1.12 bits per heavy atom. The molecule has 182 valence electrons. The third-order valence-electron chi connectivity index (χ3n) is 7.21. The Kier molecular flexibility index (Phi) is 6.91. The first-order chi connectivity index (χ1) is 16.2. The van der Waals surface area contributed by atoms with Crippen LogP contribution in [0.15, 0.2) is 29.1 Å². The van der Waals surface area contributed by atoms with Crippen LogP contribution in [0.4, 0.5) is 0 Å². The van der Waals surface area contributed by atoms with E-state index in [1.165, 1.54) is 12.8 Å². The zero-order valence-electron chi connectivity index (χ0n) is 21.1. The van der Waals surface area contributed by atoms with Gasteiger partial charge in [0.15, 0.2) is 11.3 Å². The first-order valence-electron chi connectivity index (χ1n) is 12.6. The molecule has 0 spiro atoms. The monoisotopic (exact) mass is 463 g/mol. The van der Waals surface area contributed by atoms with Gasteiger partial charge in [-0.25, -0.2) is 9.50 Å². The van der Waals surface area contributed by atoms with E-state index in [2.05, 4.69) is 31.1 Å². The minimum absolute atomic E-state index is 0.0966. The lowest BCUT2D eigenvalue weighted by atomic mass is 9.70. The first kappa shape index (κ1) is 24.2. The fourth-order valence-electron chi connectivity index (χ4n) is 5.07. The van der Waals surface area contributed by atoms with Gasteiger partial charge in [-0.15, -0.1) is 5.10 Å². The fraction of sp³-hybridized carbons (Fsp3) is 0.556. The molecule has 1 amide bonds. The molecule has 0 atom stereocenters. The van der Waals surface area contributed by atoms with Crippen LogP contribution in [-0.2, 0) is 6.42 Å². The van der Waals surface area contributed by atoms with E-state index in [4.69, 9.17) is 10.1 Å². The van der Waals surface area contributed by atoms with E-state index in [9.17, 15) is 9.59 Å². The van der Waals surface area contributed by atoms with Crippen LogP contribution in [0.3, 0.4) is 0 Å². The van der Waals surface area contributed by atoms with Crippen molar-refractivity contribution in [3.05, 3.63) is 51.7 Å². The lowest BCUT2D eigenvalue weighted by Crippen LogP contribution is -2.26. The Balaban J connectivity index is 1.67. The number of imidazole rings is 1. The number of fused-ring (bicyclic) bond motifs is 1. The summed E-state index contributed by atoms with van der Waals surface area (Å²) >= 11 is 0. The SMILES string of the molecule is CCCNC(=O)c1ccc(-c2nn3c(c(CC)nc3[C@H]3CC[C@@H](C(C)(C)C)CC3)c(=O)[nH]2)cc1. The molecule has 1 saturated carbocycles. The van der Waals surface area contributed by atoms with Crippen molar-refractivity contribution in [1.29, 1.82) is 0 Å². The van der Waals surface area contributed by atoms with Crippen LogP contribution < -0.4 is 10.9 Å². The lowest BCUT2D eigenvalue weighted by molar-refractivity contribution is 0.0953. The highest BCUT2D eigenvalue weighted by molar-refractivity contribution is 5.94. The second kappa shape index (κ2) is 9.72. The highest BCUT2D eigenvalue weighted by atomic mass is 16.1. The maximum absolute atomic E-state index is 13.1. The molecule has 3 aromatic rings. The number of nitrogens with one attached hydrogen (secondary N) is 2. The number of aromatic amines is 1. The number of rotatable bonds is 6. The van der Waals surface area contributed by atoms with E-state index < -0.39 is 0 Å². The Morgan fingerprint density at radius 3 is 2.38 bits per heavy atom. The third kappa shape index (κ3) is 4.79. The average molecular weight is 464 g/mol. The molecule has 7 nitrogen and oxygen atoms in total. The zero-order chi connectivity index (χ0) is 24.5. The number of carbonyl (C=O) groups is 1. The van der Waals surface area contributed by atoms with Crippen molar-refractivity contribution in [2.45, 2.75) is 79.1 Å². The summed E-state index contributed by atoms with van der Waals surface area (Å²) < 4.78 is 1.79. The summed E-state index contributed by atoms with van der Waals surface area (Å²) in [5, 5.41) is 7.72. The number of hydrogen-bond donors (Lipinski definition) is 2. The lowest BCUT2D eigenvalue weighted by Gasteiger charge is -2.36. The van der Waals surface area contributed by atoms with Crippen LogP contribution in [0.5, 0.6) is 0 Å². The van der Waals surface area contributed by atoms with Gasteiger partial charge < -0.3 is 10.3 Å². The van der Waals surface area contributed by atoms with Crippen molar-refractivity contribution in [2.24, 2.45) is 11.3 Å². The van der Waals surface area contributed by atoms with Crippen molar-refractivity contribution in [2.75, 3.05) is 6.54 Å². The highest BCUT2D eigenvalue weighted by Gasteiger charge is 2.32. The molecule has 1 aliphatic rings. The van der Waals surface area contributed by atoms with E-state index in [0.29, 0.717) is 47.1 Å². The van der Waals surface area contributed by atoms with Gasteiger partial charge in [-0.1, -0.05) is 46.8 Å². The maximum Gasteiger partial charge on any atom is 0.277 e. The van der Waals surface area contributed by atoms with Gasteiger partial charge in [0, 0.05) is 23.6 Å². The van der Waals surface area contributed by atoms with Gasteiger partial charge in [0.2, 0.25) is 0 Å². The third-order valence-corrected chi connectivity index (χ3v) is 7.21. The Bertz CT molecular complexity index is 1210. The van der Waals surface area contributed by atoms with Crippen LogP contribution in [0.2, 0.25) is 0 Å². The number of amides is 1. The molecule has 0 bridgehead atoms. The molecule has 0 aliphatic heterocycles. The normalized spacial score (nSPS) is 18.9. The minimum atomic E-state index is -0.172. The van der Waals surface area contributed by atoms with Gasteiger partial charge >= 0.3 is 0 Å². The van der Waals surface area contributed by atoms with Crippen molar-refractivity contribution in [3.8, 4) is 11.4 Å². The molecule has 0 unspecified atom stereocenters. The predicted octanol–water partition coefficient (Wildman–Crippen LogP) is 5.11. The van der Waals surface area contributed by atoms with E-state index in [0.717, 1.165) is 36.3 Å². The number of H-pyrrole nitrogens is 1. The van der Waals surface area contributed by atoms with Gasteiger partial charge in [0.1, 0.15) is 5.82 Å². The Hall–Kier alpha value is -2.96. The molecule has 7 heteroatoms.